The molecule has 0 aliphatic rings. The van der Waals surface area contributed by atoms with E-state index in [1.165, 1.54) is 3.57 Å². The Labute approximate surface area is 136 Å². The smallest absolute Gasteiger partial charge is 0.349 e. The number of halogens is 1. The van der Waals surface area contributed by atoms with Gasteiger partial charge in [-0.2, -0.15) is 0 Å². The van der Waals surface area contributed by atoms with Crippen molar-refractivity contribution in [1.82, 2.24) is 0 Å². The van der Waals surface area contributed by atoms with Gasteiger partial charge in [0.25, 0.3) is 0 Å². The van der Waals surface area contributed by atoms with Gasteiger partial charge >= 0.3 is 27.2 Å². The fraction of sp³-hybridized carbons (Fsp3) is 0.167. The average molecular weight is 393 g/mol. The summed E-state index contributed by atoms with van der Waals surface area (Å²) in [6.45, 7) is 1.92. The van der Waals surface area contributed by atoms with E-state index in [0.29, 0.717) is 5.56 Å². The van der Waals surface area contributed by atoms with Crippen molar-refractivity contribution >= 4 is 5.97 Å². The highest BCUT2D eigenvalue weighted by molar-refractivity contribution is 5.89. The lowest BCUT2D eigenvalue weighted by atomic mass is 10.2. The first-order valence-corrected chi connectivity index (χ1v) is 9.17. The second-order valence-corrected chi connectivity index (χ2v) is 7.17. The third-order valence-corrected chi connectivity index (χ3v) is 5.10. The first kappa shape index (κ1) is 15.8. The number of ether oxygens (including phenoxy) is 1. The number of hydrogen-bond donors (Lipinski definition) is 0. The molecule has 0 N–H and O–H groups in total. The van der Waals surface area contributed by atoms with Crippen LogP contribution in [0.15, 0.2) is 70.8 Å². The molecular weight excluding hydrogens is 375 g/mol. The molecule has 0 aliphatic heterocycles. The fourth-order valence-electron chi connectivity index (χ4n) is 1.72. The van der Waals surface area contributed by atoms with Crippen molar-refractivity contribution in [3.05, 3.63) is 80.0 Å². The average Bonchev–Trinajstić information content (AvgIpc) is 2.53. The van der Waals surface area contributed by atoms with Gasteiger partial charge in [-0.3, -0.25) is 0 Å². The van der Waals surface area contributed by atoms with Crippen LogP contribution >= 0.6 is 0 Å². The van der Waals surface area contributed by atoms with E-state index < -0.39 is 0 Å². The van der Waals surface area contributed by atoms with Crippen molar-refractivity contribution in [3.8, 4) is 0 Å². The van der Waals surface area contributed by atoms with Crippen LogP contribution in [-0.4, -0.2) is 12.1 Å². The largest absolute Gasteiger partial charge is 0.459 e. The molecule has 2 aromatic rings. The Balaban J connectivity index is 1.75. The topological polar surface area (TPSA) is 26.3 Å². The lowest BCUT2D eigenvalue weighted by Gasteiger charge is -2.10. The molecule has 0 aromatic heterocycles. The normalized spacial score (nSPS) is 12.2. The number of carbonyl (C=O) groups is 1. The van der Waals surface area contributed by atoms with Crippen molar-refractivity contribution in [3.63, 3.8) is 0 Å². The minimum Gasteiger partial charge on any atom is -0.459 e. The van der Waals surface area contributed by atoms with Gasteiger partial charge in [0.1, 0.15) is 6.10 Å². The molecule has 3 heteroatoms. The van der Waals surface area contributed by atoms with Crippen molar-refractivity contribution in [1.29, 1.82) is 0 Å². The zero-order chi connectivity index (χ0) is 14.9. The maximum absolute atomic E-state index is 11.9. The highest BCUT2D eigenvalue weighted by atomic mass is 127. The van der Waals surface area contributed by atoms with Gasteiger partial charge in [-0.05, 0) is 37.3 Å². The molecular formula is C18H18IO2+. The van der Waals surface area contributed by atoms with E-state index in [-0.39, 0.29) is 33.3 Å². The van der Waals surface area contributed by atoms with Gasteiger partial charge in [-0.25, -0.2) is 4.79 Å². The van der Waals surface area contributed by atoms with E-state index >= 15 is 0 Å². The third kappa shape index (κ3) is 5.71. The molecule has 0 radical (unpaired) electrons. The van der Waals surface area contributed by atoms with Crippen molar-refractivity contribution in [2.45, 2.75) is 19.4 Å². The summed E-state index contributed by atoms with van der Waals surface area (Å²) in [4.78, 5) is 11.9. The van der Waals surface area contributed by atoms with Crippen LogP contribution in [-0.2, 0) is 4.74 Å². The summed E-state index contributed by atoms with van der Waals surface area (Å²) in [7, 11) is 0. The molecule has 2 rings (SSSR count). The third-order valence-electron chi connectivity index (χ3n) is 2.80. The summed E-state index contributed by atoms with van der Waals surface area (Å²) < 4.78 is 9.02. The standard InChI is InChI=1S/C18H18IO2/c1-15(21-18(20)16-10-4-2-5-11-16)9-8-14-19-17-12-6-3-7-13-17/h2-8,10-15H,9H2,1H3/q+1/b14-8+. The summed E-state index contributed by atoms with van der Waals surface area (Å²) in [5, 5.41) is 0. The second-order valence-electron chi connectivity index (χ2n) is 4.58. The van der Waals surface area contributed by atoms with E-state index in [0.717, 1.165) is 6.42 Å². The number of benzene rings is 2. The molecule has 1 atom stereocenters. The summed E-state index contributed by atoms with van der Waals surface area (Å²) in [6, 6.07) is 19.6. The van der Waals surface area contributed by atoms with Crippen molar-refractivity contribution in [2.75, 3.05) is 0 Å². The zero-order valence-corrected chi connectivity index (χ0v) is 14.1. The molecule has 0 heterocycles. The van der Waals surface area contributed by atoms with E-state index in [1.807, 2.05) is 31.2 Å². The molecule has 0 spiro atoms. The van der Waals surface area contributed by atoms with Crippen LogP contribution in [0, 0.1) is 3.57 Å². The molecule has 2 nitrogen and oxygen atoms in total. The van der Waals surface area contributed by atoms with E-state index in [4.69, 9.17) is 4.74 Å². The minimum atomic E-state index is -0.255. The van der Waals surface area contributed by atoms with Gasteiger partial charge < -0.3 is 4.74 Å². The van der Waals surface area contributed by atoms with E-state index in [2.05, 4.69) is 34.4 Å². The lowest BCUT2D eigenvalue weighted by Crippen LogP contribution is -3.59. The van der Waals surface area contributed by atoms with E-state index in [9.17, 15) is 4.79 Å². The van der Waals surface area contributed by atoms with Crippen LogP contribution in [0.3, 0.4) is 0 Å². The zero-order valence-electron chi connectivity index (χ0n) is 11.9. The molecule has 1 unspecified atom stereocenters. The molecule has 0 bridgehead atoms. The maximum atomic E-state index is 11.9. The van der Waals surface area contributed by atoms with Gasteiger partial charge in [0.2, 0.25) is 0 Å². The Morgan fingerprint density at radius 3 is 2.38 bits per heavy atom. The molecule has 0 amide bonds. The molecule has 0 saturated carbocycles. The molecule has 21 heavy (non-hydrogen) atoms. The highest BCUT2D eigenvalue weighted by Crippen LogP contribution is 2.06. The lowest BCUT2D eigenvalue weighted by molar-refractivity contribution is -0.557. The molecule has 0 fully saturated rings. The molecule has 0 aliphatic carbocycles. The fourth-order valence-corrected chi connectivity index (χ4v) is 3.51. The molecule has 108 valence electrons. The van der Waals surface area contributed by atoms with Crippen molar-refractivity contribution in [2.24, 2.45) is 0 Å². The summed E-state index contributed by atoms with van der Waals surface area (Å²) in [5.41, 5.74) is 0.602. The Morgan fingerprint density at radius 2 is 1.71 bits per heavy atom. The first-order chi connectivity index (χ1) is 10.3. The Hall–Kier alpha value is -1.62. The van der Waals surface area contributed by atoms with Crippen LogP contribution < -0.4 is 21.2 Å². The number of esters is 1. The predicted molar refractivity (Wildman–Crippen MR) is 80.2 cm³/mol. The summed E-state index contributed by atoms with van der Waals surface area (Å²) >= 11 is -0.0919. The number of rotatable bonds is 6. The van der Waals surface area contributed by atoms with Crippen LogP contribution in [0.2, 0.25) is 0 Å². The number of carbonyl (C=O) groups excluding carboxylic acids is 1. The number of hydrogen-bond acceptors (Lipinski definition) is 2. The van der Waals surface area contributed by atoms with Gasteiger partial charge in [-0.1, -0.05) is 36.4 Å². The van der Waals surface area contributed by atoms with Gasteiger partial charge in [0.05, 0.1) is 5.56 Å². The first-order valence-electron chi connectivity index (χ1n) is 6.85. The predicted octanol–water partition coefficient (Wildman–Crippen LogP) is 1.09. The van der Waals surface area contributed by atoms with Gasteiger partial charge in [0, 0.05) is 6.42 Å². The van der Waals surface area contributed by atoms with Crippen LogP contribution in [0.4, 0.5) is 0 Å². The Morgan fingerprint density at radius 1 is 1.10 bits per heavy atom. The van der Waals surface area contributed by atoms with E-state index in [1.54, 1.807) is 12.1 Å². The van der Waals surface area contributed by atoms with Crippen LogP contribution in [0.25, 0.3) is 0 Å². The SMILES string of the molecule is CC(C/C=C/[I+]c1ccccc1)OC(=O)c1ccccc1. The van der Waals surface area contributed by atoms with Crippen molar-refractivity contribution < 1.29 is 30.7 Å². The maximum Gasteiger partial charge on any atom is 0.349 e. The van der Waals surface area contributed by atoms with Gasteiger partial charge in [-0.15, -0.1) is 0 Å². The monoisotopic (exact) mass is 393 g/mol. The summed E-state index contributed by atoms with van der Waals surface area (Å²) in [5.74, 6) is -0.255. The summed E-state index contributed by atoms with van der Waals surface area (Å²) in [6.07, 6.45) is 2.77. The quantitative estimate of drug-likeness (QED) is 0.543. The molecule has 2 aromatic carbocycles. The second kappa shape index (κ2) is 8.62. The Bertz CT molecular complexity index is 579. The van der Waals surface area contributed by atoms with Gasteiger partial charge in [0.15, 0.2) is 7.65 Å². The highest BCUT2D eigenvalue weighted by Gasteiger charge is 2.11. The van der Waals surface area contributed by atoms with Crippen LogP contribution in [0.5, 0.6) is 0 Å². The molecule has 0 saturated heterocycles. The van der Waals surface area contributed by atoms with Crippen LogP contribution in [0.1, 0.15) is 23.7 Å². The Kier molecular flexibility index (Phi) is 6.47. The minimum absolute atomic E-state index is 0.0919.